The van der Waals surface area contributed by atoms with Crippen molar-refractivity contribution in [2.24, 2.45) is 5.73 Å². The van der Waals surface area contributed by atoms with Crippen LogP contribution in [0.3, 0.4) is 0 Å². The summed E-state index contributed by atoms with van der Waals surface area (Å²) in [5.74, 6) is -0.951. The van der Waals surface area contributed by atoms with Crippen molar-refractivity contribution in [1.29, 1.82) is 0 Å². The molecular weight excluding hydrogens is 330 g/mol. The van der Waals surface area contributed by atoms with Gasteiger partial charge in [-0.3, -0.25) is 9.59 Å². The number of halogens is 1. The minimum Gasteiger partial charge on any atom is -0.375 e. The first kappa shape index (κ1) is 16.6. The Labute approximate surface area is 133 Å². The summed E-state index contributed by atoms with van der Waals surface area (Å²) in [6.45, 7) is -0.114. The summed E-state index contributed by atoms with van der Waals surface area (Å²) >= 11 is 5.85. The highest BCUT2D eigenvalue weighted by Gasteiger charge is 2.28. The fraction of sp³-hybridized carbons (Fsp3) is 0.385. The van der Waals surface area contributed by atoms with Crippen LogP contribution >= 0.6 is 11.6 Å². The van der Waals surface area contributed by atoms with Crippen molar-refractivity contribution in [2.75, 3.05) is 23.4 Å². The molecule has 1 heterocycles. The normalized spacial score (nSPS) is 19.6. The van der Waals surface area contributed by atoms with Crippen LogP contribution in [0.1, 0.15) is 16.8 Å². The molecule has 4 N–H and O–H groups in total. The van der Waals surface area contributed by atoms with Crippen molar-refractivity contribution in [1.82, 2.24) is 5.32 Å². The van der Waals surface area contributed by atoms with E-state index in [9.17, 15) is 18.0 Å². The van der Waals surface area contributed by atoms with Gasteiger partial charge in [0.05, 0.1) is 23.6 Å². The second kappa shape index (κ2) is 6.53. The van der Waals surface area contributed by atoms with Gasteiger partial charge in [-0.05, 0) is 24.6 Å². The van der Waals surface area contributed by atoms with Crippen LogP contribution in [-0.2, 0) is 14.6 Å². The van der Waals surface area contributed by atoms with Crippen LogP contribution in [0.25, 0.3) is 0 Å². The molecule has 0 radical (unpaired) electrons. The molecule has 1 aliphatic heterocycles. The molecule has 2 amide bonds. The lowest BCUT2D eigenvalue weighted by Gasteiger charge is -2.13. The van der Waals surface area contributed by atoms with E-state index in [1.165, 1.54) is 18.2 Å². The third-order valence-electron chi connectivity index (χ3n) is 3.28. The maximum Gasteiger partial charge on any atom is 0.250 e. The van der Waals surface area contributed by atoms with Crippen LogP contribution in [0, 0.1) is 0 Å². The SMILES string of the molecule is NC(=O)c1ccc(Cl)cc1NCC(=O)N[C@H]1CCS(=O)(=O)C1. The molecule has 1 fully saturated rings. The number of amides is 2. The Hall–Kier alpha value is -1.80. The molecule has 0 spiro atoms. The fourth-order valence-electron chi connectivity index (χ4n) is 2.24. The first-order chi connectivity index (χ1) is 10.3. The molecule has 0 aromatic heterocycles. The topological polar surface area (TPSA) is 118 Å². The van der Waals surface area contributed by atoms with Crippen molar-refractivity contribution in [3.8, 4) is 0 Å². The molecule has 1 atom stereocenters. The average molecular weight is 346 g/mol. The van der Waals surface area contributed by atoms with Crippen LogP contribution in [-0.4, -0.2) is 44.3 Å². The van der Waals surface area contributed by atoms with Crippen LogP contribution in [0.2, 0.25) is 5.02 Å². The first-order valence-electron chi connectivity index (χ1n) is 6.60. The Morgan fingerprint density at radius 2 is 2.09 bits per heavy atom. The second-order valence-corrected chi connectivity index (χ2v) is 7.74. The standard InChI is InChI=1S/C13H16ClN3O4S/c14-8-1-2-10(13(15)19)11(5-8)16-6-12(18)17-9-3-4-22(20,21)7-9/h1-2,5,9,16H,3-4,6-7H2,(H2,15,19)(H,17,18)/t9-/m0/s1. The predicted molar refractivity (Wildman–Crippen MR) is 83.7 cm³/mol. The lowest BCUT2D eigenvalue weighted by atomic mass is 10.1. The summed E-state index contributed by atoms with van der Waals surface area (Å²) in [6.07, 6.45) is 0.414. The highest BCUT2D eigenvalue weighted by molar-refractivity contribution is 7.91. The van der Waals surface area contributed by atoms with Crippen molar-refractivity contribution in [3.63, 3.8) is 0 Å². The number of nitrogens with two attached hydrogens (primary N) is 1. The van der Waals surface area contributed by atoms with Gasteiger partial charge >= 0.3 is 0 Å². The van der Waals surface area contributed by atoms with E-state index in [4.69, 9.17) is 17.3 Å². The summed E-state index contributed by atoms with van der Waals surface area (Å²) in [7, 11) is -3.05. The second-order valence-electron chi connectivity index (χ2n) is 5.08. The average Bonchev–Trinajstić information content (AvgIpc) is 2.75. The van der Waals surface area contributed by atoms with Crippen molar-refractivity contribution in [2.45, 2.75) is 12.5 Å². The van der Waals surface area contributed by atoms with Gasteiger partial charge in [0, 0.05) is 16.8 Å². The summed E-state index contributed by atoms with van der Waals surface area (Å²) < 4.78 is 22.7. The van der Waals surface area contributed by atoms with Gasteiger partial charge in [-0.15, -0.1) is 0 Å². The molecule has 0 aliphatic carbocycles. The summed E-state index contributed by atoms with van der Waals surface area (Å²) in [5.41, 5.74) is 5.82. The number of sulfone groups is 1. The fourth-order valence-corrected chi connectivity index (χ4v) is 4.09. The van der Waals surface area contributed by atoms with E-state index in [2.05, 4.69) is 10.6 Å². The number of rotatable bonds is 5. The Balaban J connectivity index is 1.94. The van der Waals surface area contributed by atoms with Gasteiger partial charge in [0.2, 0.25) is 5.91 Å². The van der Waals surface area contributed by atoms with Gasteiger partial charge in [-0.2, -0.15) is 0 Å². The van der Waals surface area contributed by atoms with Gasteiger partial charge in [0.25, 0.3) is 5.91 Å². The predicted octanol–water partition coefficient (Wildman–Crippen LogP) is 0.154. The zero-order chi connectivity index (χ0) is 16.3. The molecular formula is C13H16ClN3O4S. The quantitative estimate of drug-likeness (QED) is 0.702. The van der Waals surface area contributed by atoms with E-state index in [1.54, 1.807) is 0 Å². The number of nitrogens with one attached hydrogen (secondary N) is 2. The van der Waals surface area contributed by atoms with E-state index in [0.717, 1.165) is 0 Å². The van der Waals surface area contributed by atoms with Gasteiger partial charge in [-0.1, -0.05) is 11.6 Å². The molecule has 1 aliphatic rings. The first-order valence-corrected chi connectivity index (χ1v) is 8.80. The van der Waals surface area contributed by atoms with Crippen LogP contribution in [0.4, 0.5) is 5.69 Å². The zero-order valence-electron chi connectivity index (χ0n) is 11.6. The summed E-state index contributed by atoms with van der Waals surface area (Å²) in [4.78, 5) is 23.1. The molecule has 120 valence electrons. The van der Waals surface area contributed by atoms with Gasteiger partial charge in [0.15, 0.2) is 9.84 Å². The Morgan fingerprint density at radius 1 is 1.36 bits per heavy atom. The highest BCUT2D eigenvalue weighted by atomic mass is 35.5. The van der Waals surface area contributed by atoms with Crippen molar-refractivity contribution in [3.05, 3.63) is 28.8 Å². The molecule has 0 saturated carbocycles. The van der Waals surface area contributed by atoms with E-state index in [-0.39, 0.29) is 35.6 Å². The van der Waals surface area contributed by atoms with E-state index >= 15 is 0 Å². The number of hydrogen-bond donors (Lipinski definition) is 3. The molecule has 1 aromatic carbocycles. The minimum absolute atomic E-state index is 0.0392. The third kappa shape index (κ3) is 4.35. The smallest absolute Gasteiger partial charge is 0.250 e. The van der Waals surface area contributed by atoms with Crippen molar-refractivity contribution < 1.29 is 18.0 Å². The Bertz CT molecular complexity index is 705. The molecule has 0 bridgehead atoms. The number of hydrogen-bond acceptors (Lipinski definition) is 5. The van der Waals surface area contributed by atoms with Crippen molar-refractivity contribution >= 4 is 38.9 Å². The molecule has 22 heavy (non-hydrogen) atoms. The summed E-state index contributed by atoms with van der Waals surface area (Å²) in [6, 6.07) is 4.12. The maximum absolute atomic E-state index is 11.8. The van der Waals surface area contributed by atoms with Crippen LogP contribution < -0.4 is 16.4 Å². The van der Waals surface area contributed by atoms with Gasteiger partial charge in [0.1, 0.15) is 0 Å². The zero-order valence-corrected chi connectivity index (χ0v) is 13.2. The molecule has 0 unspecified atom stereocenters. The van der Waals surface area contributed by atoms with E-state index < -0.39 is 15.7 Å². The lowest BCUT2D eigenvalue weighted by Crippen LogP contribution is -2.39. The maximum atomic E-state index is 11.8. The molecule has 9 heteroatoms. The highest BCUT2D eigenvalue weighted by Crippen LogP contribution is 2.20. The molecule has 1 aromatic rings. The van der Waals surface area contributed by atoms with Crippen LogP contribution in [0.15, 0.2) is 18.2 Å². The van der Waals surface area contributed by atoms with Gasteiger partial charge in [-0.25, -0.2) is 8.42 Å². The Kier molecular flexibility index (Phi) is 4.92. The molecule has 7 nitrogen and oxygen atoms in total. The van der Waals surface area contributed by atoms with Gasteiger partial charge < -0.3 is 16.4 Å². The number of benzene rings is 1. The van der Waals surface area contributed by atoms with Crippen LogP contribution in [0.5, 0.6) is 0 Å². The van der Waals surface area contributed by atoms with E-state index in [1.807, 2.05) is 0 Å². The number of primary amides is 1. The number of carbonyl (C=O) groups excluding carboxylic acids is 2. The largest absolute Gasteiger partial charge is 0.375 e. The monoisotopic (exact) mass is 345 g/mol. The Morgan fingerprint density at radius 3 is 2.68 bits per heavy atom. The number of anilines is 1. The molecule has 2 rings (SSSR count). The molecule has 1 saturated heterocycles. The van der Waals surface area contributed by atoms with E-state index in [0.29, 0.717) is 17.1 Å². The lowest BCUT2D eigenvalue weighted by molar-refractivity contribution is -0.119. The minimum atomic E-state index is -3.05. The number of carbonyl (C=O) groups is 2. The summed E-state index contributed by atoms with van der Waals surface area (Å²) in [5, 5.41) is 5.82. The third-order valence-corrected chi connectivity index (χ3v) is 5.29.